The Hall–Kier alpha value is -3.30. The Morgan fingerprint density at radius 2 is 1.91 bits per heavy atom. The van der Waals surface area contributed by atoms with Crippen LogP contribution in [-0.2, 0) is 4.79 Å². The molecule has 7 nitrogen and oxygen atoms in total. The van der Waals surface area contributed by atoms with Crippen molar-refractivity contribution in [1.82, 2.24) is 20.2 Å². The molecule has 0 radical (unpaired) electrons. The van der Waals surface area contributed by atoms with Gasteiger partial charge in [-0.15, -0.1) is 0 Å². The number of benzene rings is 2. The summed E-state index contributed by atoms with van der Waals surface area (Å²) >= 11 is 0.830. The molecule has 34 heavy (non-hydrogen) atoms. The molecule has 3 heterocycles. The van der Waals surface area contributed by atoms with Crippen LogP contribution in [0.5, 0.6) is 0 Å². The van der Waals surface area contributed by atoms with Crippen LogP contribution in [0.15, 0.2) is 47.5 Å². The van der Waals surface area contributed by atoms with Gasteiger partial charge in [0.05, 0.1) is 33.5 Å². The van der Waals surface area contributed by atoms with Crippen molar-refractivity contribution in [1.29, 1.82) is 0 Å². The van der Waals surface area contributed by atoms with Gasteiger partial charge < -0.3 is 4.90 Å². The number of imide groups is 1. The summed E-state index contributed by atoms with van der Waals surface area (Å²) in [4.78, 5) is 37.2. The summed E-state index contributed by atoms with van der Waals surface area (Å²) in [5, 5.41) is 1.82. The number of hydrogen-bond donors (Lipinski definition) is 1. The van der Waals surface area contributed by atoms with Crippen molar-refractivity contribution < 1.29 is 14.0 Å². The third-order valence-electron chi connectivity index (χ3n) is 6.16. The van der Waals surface area contributed by atoms with Crippen LogP contribution in [0.3, 0.4) is 0 Å². The van der Waals surface area contributed by atoms with E-state index in [0.717, 1.165) is 43.5 Å². The first-order valence-corrected chi connectivity index (χ1v) is 12.0. The highest BCUT2D eigenvalue weighted by atomic mass is 32.2. The fourth-order valence-electron chi connectivity index (χ4n) is 4.31. The molecular formula is C25H24FN5O2S. The summed E-state index contributed by atoms with van der Waals surface area (Å²) in [5.74, 6) is -0.714. The number of carbonyl (C=O) groups is 2. The highest BCUT2D eigenvalue weighted by Gasteiger charge is 2.25. The van der Waals surface area contributed by atoms with Crippen molar-refractivity contribution in [2.45, 2.75) is 19.9 Å². The van der Waals surface area contributed by atoms with Crippen LogP contribution in [0, 0.1) is 5.82 Å². The van der Waals surface area contributed by atoms with E-state index in [0.29, 0.717) is 34.0 Å². The number of carbonyl (C=O) groups excluding carboxylic acids is 2. The van der Waals surface area contributed by atoms with E-state index < -0.39 is 11.1 Å². The lowest BCUT2D eigenvalue weighted by Gasteiger charge is -2.38. The Labute approximate surface area is 201 Å². The molecule has 0 unspecified atom stereocenters. The number of nitrogens with zero attached hydrogens (tertiary/aromatic N) is 4. The third-order valence-corrected chi connectivity index (χ3v) is 6.97. The smallest absolute Gasteiger partial charge is 0.290 e. The highest BCUT2D eigenvalue weighted by Crippen LogP contribution is 2.32. The maximum atomic E-state index is 15.2. The number of aromatic nitrogens is 2. The lowest BCUT2D eigenvalue weighted by molar-refractivity contribution is -0.115. The lowest BCUT2D eigenvalue weighted by atomic mass is 10.0. The van der Waals surface area contributed by atoms with Crippen LogP contribution >= 0.6 is 11.8 Å². The zero-order chi connectivity index (χ0) is 23.8. The van der Waals surface area contributed by atoms with Crippen molar-refractivity contribution in [3.63, 3.8) is 0 Å². The van der Waals surface area contributed by atoms with E-state index in [1.807, 2.05) is 30.3 Å². The van der Waals surface area contributed by atoms with Crippen LogP contribution in [0.2, 0.25) is 0 Å². The topological polar surface area (TPSA) is 78.4 Å². The Kier molecular flexibility index (Phi) is 6.05. The molecule has 174 valence electrons. The van der Waals surface area contributed by atoms with Crippen molar-refractivity contribution in [3.8, 4) is 11.1 Å². The Balaban J connectivity index is 1.46. The van der Waals surface area contributed by atoms with E-state index in [9.17, 15) is 9.59 Å². The Morgan fingerprint density at radius 1 is 1.12 bits per heavy atom. The van der Waals surface area contributed by atoms with Gasteiger partial charge in [0, 0.05) is 37.8 Å². The molecule has 2 saturated heterocycles. The summed E-state index contributed by atoms with van der Waals surface area (Å²) in [6.45, 7) is 7.78. The number of anilines is 1. The predicted molar refractivity (Wildman–Crippen MR) is 133 cm³/mol. The summed E-state index contributed by atoms with van der Waals surface area (Å²) in [6.07, 6.45) is 3.09. The molecule has 3 aromatic rings. The number of fused-ring (bicyclic) bond motifs is 1. The monoisotopic (exact) mass is 477 g/mol. The number of thioether (sulfide) groups is 1. The van der Waals surface area contributed by atoms with Gasteiger partial charge in [-0.1, -0.05) is 18.2 Å². The van der Waals surface area contributed by atoms with Gasteiger partial charge in [-0.3, -0.25) is 24.8 Å². The van der Waals surface area contributed by atoms with E-state index in [1.54, 1.807) is 12.3 Å². The van der Waals surface area contributed by atoms with Gasteiger partial charge in [0.25, 0.3) is 11.1 Å². The van der Waals surface area contributed by atoms with Crippen LogP contribution in [-0.4, -0.2) is 58.2 Å². The molecule has 5 rings (SSSR count). The number of rotatable bonds is 4. The minimum absolute atomic E-state index is 0.267. The molecule has 9 heteroatoms. The number of amides is 2. The van der Waals surface area contributed by atoms with Gasteiger partial charge in [0.1, 0.15) is 5.82 Å². The summed E-state index contributed by atoms with van der Waals surface area (Å²) in [7, 11) is 0. The molecule has 2 aliphatic rings. The molecule has 0 saturated carbocycles. The standard InChI is InChI=1S/C25H24FN5O2S/c1-15(2)30-8-10-31(11-9-30)21-7-6-16(12-19(21)26)18-4-3-5-20-23(18)28-17(14-27-20)13-22-24(32)29-25(33)34-22/h3-7,12-15H,8-11H2,1-2H3,(H,29,32,33). The fraction of sp³-hybridized carbons (Fsp3) is 0.280. The van der Waals surface area contributed by atoms with Crippen LogP contribution in [0.25, 0.3) is 28.2 Å². The van der Waals surface area contributed by atoms with Gasteiger partial charge in [0.15, 0.2) is 0 Å². The zero-order valence-corrected chi connectivity index (χ0v) is 19.7. The second-order valence-electron chi connectivity index (χ2n) is 8.60. The van der Waals surface area contributed by atoms with Crippen molar-refractivity contribution in [2.75, 3.05) is 31.1 Å². The normalized spacial score (nSPS) is 18.4. The third kappa shape index (κ3) is 4.41. The van der Waals surface area contributed by atoms with Crippen LogP contribution < -0.4 is 10.2 Å². The van der Waals surface area contributed by atoms with Gasteiger partial charge in [-0.2, -0.15) is 0 Å². The van der Waals surface area contributed by atoms with Crippen LogP contribution in [0.4, 0.5) is 14.9 Å². The molecule has 2 aliphatic heterocycles. The number of nitrogens with one attached hydrogen (secondary N) is 1. The molecule has 2 fully saturated rings. The number of halogens is 1. The van der Waals surface area contributed by atoms with Gasteiger partial charge in [-0.05, 0) is 55.4 Å². The summed E-state index contributed by atoms with van der Waals surface area (Å²) in [6, 6.07) is 11.4. The minimum Gasteiger partial charge on any atom is -0.367 e. The van der Waals surface area contributed by atoms with Crippen molar-refractivity contribution in [3.05, 3.63) is 59.0 Å². The Bertz CT molecular complexity index is 1320. The average molecular weight is 478 g/mol. The molecule has 1 N–H and O–H groups in total. The fourth-order valence-corrected chi connectivity index (χ4v) is 4.98. The van der Waals surface area contributed by atoms with E-state index >= 15 is 4.39 Å². The molecule has 0 spiro atoms. The van der Waals surface area contributed by atoms with Crippen molar-refractivity contribution >= 4 is 45.7 Å². The quantitative estimate of drug-likeness (QED) is 0.562. The molecule has 0 atom stereocenters. The first-order valence-electron chi connectivity index (χ1n) is 11.2. The second-order valence-corrected chi connectivity index (χ2v) is 9.62. The van der Waals surface area contributed by atoms with Crippen molar-refractivity contribution in [2.24, 2.45) is 0 Å². The molecule has 0 aliphatic carbocycles. The Morgan fingerprint density at radius 3 is 2.59 bits per heavy atom. The van der Waals surface area contributed by atoms with Gasteiger partial charge in [-0.25, -0.2) is 9.37 Å². The van der Waals surface area contributed by atoms with E-state index in [1.165, 1.54) is 6.08 Å². The van der Waals surface area contributed by atoms with E-state index in [2.05, 4.69) is 38.9 Å². The van der Waals surface area contributed by atoms with Gasteiger partial charge >= 0.3 is 0 Å². The number of para-hydroxylation sites is 1. The molecule has 2 amide bonds. The SMILES string of the molecule is CC(C)N1CCN(c2ccc(-c3cccc4ncc(C=C5SC(=O)NC5=O)nc34)cc2F)CC1. The molecular weight excluding hydrogens is 453 g/mol. The summed E-state index contributed by atoms with van der Waals surface area (Å²) < 4.78 is 15.2. The summed E-state index contributed by atoms with van der Waals surface area (Å²) in [5.41, 5.74) is 3.78. The van der Waals surface area contributed by atoms with Gasteiger partial charge in [0.2, 0.25) is 0 Å². The molecule has 2 aromatic carbocycles. The highest BCUT2D eigenvalue weighted by molar-refractivity contribution is 8.18. The largest absolute Gasteiger partial charge is 0.367 e. The number of piperazine rings is 1. The maximum Gasteiger partial charge on any atom is 0.290 e. The second kappa shape index (κ2) is 9.15. The average Bonchev–Trinajstić information content (AvgIpc) is 3.15. The zero-order valence-electron chi connectivity index (χ0n) is 18.9. The van der Waals surface area contributed by atoms with Crippen LogP contribution in [0.1, 0.15) is 19.5 Å². The first-order chi connectivity index (χ1) is 16.4. The minimum atomic E-state index is -0.447. The van der Waals surface area contributed by atoms with E-state index in [-0.39, 0.29) is 10.7 Å². The number of hydrogen-bond acceptors (Lipinski definition) is 7. The predicted octanol–water partition coefficient (Wildman–Crippen LogP) is 4.29. The molecule has 0 bridgehead atoms. The molecule has 1 aromatic heterocycles. The lowest BCUT2D eigenvalue weighted by Crippen LogP contribution is -2.49. The van der Waals surface area contributed by atoms with E-state index in [4.69, 9.17) is 0 Å². The first kappa shape index (κ1) is 22.5. The maximum absolute atomic E-state index is 15.2.